The third kappa shape index (κ3) is 1.55. The first-order valence-corrected chi connectivity index (χ1v) is 6.06. The average Bonchev–Trinajstić information content (AvgIpc) is 2.69. The van der Waals surface area contributed by atoms with Crippen LogP contribution in [0.25, 0.3) is 0 Å². The molecule has 2 saturated carbocycles. The van der Waals surface area contributed by atoms with Crippen LogP contribution in [-0.4, -0.2) is 5.91 Å². The van der Waals surface area contributed by atoms with Gasteiger partial charge in [0, 0.05) is 0 Å². The molecule has 0 radical (unpaired) electrons. The molecular weight excluding hydrogens is 174 g/mol. The Labute approximate surface area is 86.2 Å². The molecule has 2 nitrogen and oxygen atoms in total. The fraction of sp³-hybridized carbons (Fsp3) is 0.917. The van der Waals surface area contributed by atoms with Crippen molar-refractivity contribution >= 4 is 5.91 Å². The summed E-state index contributed by atoms with van der Waals surface area (Å²) < 4.78 is 0. The highest BCUT2D eigenvalue weighted by Gasteiger charge is 2.45. The number of carbonyl (C=O) groups excluding carboxylic acids is 1. The number of rotatable bonds is 2. The maximum absolute atomic E-state index is 11.6. The van der Waals surface area contributed by atoms with Crippen LogP contribution in [0.4, 0.5) is 0 Å². The van der Waals surface area contributed by atoms with Gasteiger partial charge in [0.1, 0.15) is 0 Å². The average molecular weight is 195 g/mol. The lowest BCUT2D eigenvalue weighted by Gasteiger charge is -2.37. The maximum Gasteiger partial charge on any atom is 0.223 e. The lowest BCUT2D eigenvalue weighted by Crippen LogP contribution is -2.41. The van der Waals surface area contributed by atoms with Crippen molar-refractivity contribution in [3.8, 4) is 0 Å². The van der Waals surface area contributed by atoms with Crippen molar-refractivity contribution < 1.29 is 4.79 Å². The van der Waals surface area contributed by atoms with Crippen LogP contribution in [0.1, 0.15) is 57.8 Å². The largest absolute Gasteiger partial charge is 0.369 e. The summed E-state index contributed by atoms with van der Waals surface area (Å²) in [5, 5.41) is 0. The molecule has 2 rings (SSSR count). The van der Waals surface area contributed by atoms with Crippen molar-refractivity contribution in [3.05, 3.63) is 0 Å². The molecular formula is C12H21NO. The highest BCUT2D eigenvalue weighted by molar-refractivity contribution is 5.81. The zero-order valence-corrected chi connectivity index (χ0v) is 8.93. The summed E-state index contributed by atoms with van der Waals surface area (Å²) in [5.41, 5.74) is 5.53. The minimum Gasteiger partial charge on any atom is -0.369 e. The zero-order chi connectivity index (χ0) is 10.0. The lowest BCUT2D eigenvalue weighted by molar-refractivity contribution is -0.131. The summed E-state index contributed by atoms with van der Waals surface area (Å²) in [5.74, 6) is 0.596. The van der Waals surface area contributed by atoms with Gasteiger partial charge in [0.15, 0.2) is 0 Å². The van der Waals surface area contributed by atoms with E-state index in [0.29, 0.717) is 5.92 Å². The summed E-state index contributed by atoms with van der Waals surface area (Å²) >= 11 is 0. The van der Waals surface area contributed by atoms with Crippen molar-refractivity contribution in [1.82, 2.24) is 0 Å². The molecule has 0 saturated heterocycles. The SMILES string of the molecule is NC(=O)C1(C2CCCCC2)CCCC1. The molecule has 2 fully saturated rings. The quantitative estimate of drug-likeness (QED) is 0.723. The number of nitrogens with two attached hydrogens (primary N) is 1. The molecule has 0 aromatic heterocycles. The van der Waals surface area contributed by atoms with E-state index in [1.165, 1.54) is 44.9 Å². The summed E-state index contributed by atoms with van der Waals surface area (Å²) in [6.07, 6.45) is 11.0. The normalized spacial score (nSPS) is 27.7. The van der Waals surface area contributed by atoms with Crippen molar-refractivity contribution in [2.24, 2.45) is 17.1 Å². The Morgan fingerprint density at radius 3 is 2.07 bits per heavy atom. The van der Waals surface area contributed by atoms with Gasteiger partial charge in [-0.2, -0.15) is 0 Å². The Balaban J connectivity index is 2.12. The molecule has 2 heteroatoms. The van der Waals surface area contributed by atoms with E-state index in [0.717, 1.165) is 12.8 Å². The first-order valence-electron chi connectivity index (χ1n) is 6.06. The monoisotopic (exact) mass is 195 g/mol. The maximum atomic E-state index is 11.6. The van der Waals surface area contributed by atoms with Gasteiger partial charge in [-0.3, -0.25) is 4.79 Å². The third-order valence-electron chi connectivity index (χ3n) is 4.37. The van der Waals surface area contributed by atoms with Crippen LogP contribution in [-0.2, 0) is 4.79 Å². The molecule has 0 bridgehead atoms. The topological polar surface area (TPSA) is 43.1 Å². The standard InChI is InChI=1S/C12H21NO/c13-11(14)12(8-4-5-9-12)10-6-2-1-3-7-10/h10H,1-9H2,(H2,13,14). The molecule has 2 aliphatic rings. The lowest BCUT2D eigenvalue weighted by atomic mass is 9.67. The van der Waals surface area contributed by atoms with E-state index in [9.17, 15) is 4.79 Å². The van der Waals surface area contributed by atoms with Gasteiger partial charge >= 0.3 is 0 Å². The van der Waals surface area contributed by atoms with Crippen LogP contribution in [0, 0.1) is 11.3 Å². The fourth-order valence-electron chi connectivity index (χ4n) is 3.52. The second kappa shape index (κ2) is 3.92. The van der Waals surface area contributed by atoms with Crippen molar-refractivity contribution in [3.63, 3.8) is 0 Å². The Bertz CT molecular complexity index is 212. The molecule has 2 aliphatic carbocycles. The van der Waals surface area contributed by atoms with Crippen LogP contribution in [0.15, 0.2) is 0 Å². The molecule has 0 spiro atoms. The summed E-state index contributed by atoms with van der Waals surface area (Å²) in [4.78, 5) is 11.6. The van der Waals surface area contributed by atoms with Crippen molar-refractivity contribution in [1.29, 1.82) is 0 Å². The Morgan fingerprint density at radius 2 is 1.57 bits per heavy atom. The molecule has 1 amide bonds. The van der Waals surface area contributed by atoms with Gasteiger partial charge in [-0.1, -0.05) is 32.1 Å². The van der Waals surface area contributed by atoms with Crippen LogP contribution < -0.4 is 5.73 Å². The predicted molar refractivity (Wildman–Crippen MR) is 56.7 cm³/mol. The van der Waals surface area contributed by atoms with E-state index in [2.05, 4.69) is 0 Å². The van der Waals surface area contributed by atoms with Crippen molar-refractivity contribution in [2.75, 3.05) is 0 Å². The van der Waals surface area contributed by atoms with Crippen LogP contribution in [0.3, 0.4) is 0 Å². The third-order valence-corrected chi connectivity index (χ3v) is 4.37. The van der Waals surface area contributed by atoms with Gasteiger partial charge in [0.25, 0.3) is 0 Å². The minimum atomic E-state index is -0.0968. The first-order chi connectivity index (χ1) is 6.76. The van der Waals surface area contributed by atoms with E-state index in [4.69, 9.17) is 5.73 Å². The van der Waals surface area contributed by atoms with Crippen LogP contribution >= 0.6 is 0 Å². The second-order valence-electron chi connectivity index (χ2n) is 5.06. The van der Waals surface area contributed by atoms with Crippen LogP contribution in [0.2, 0.25) is 0 Å². The van der Waals surface area contributed by atoms with Crippen LogP contribution in [0.5, 0.6) is 0 Å². The number of hydrogen-bond donors (Lipinski definition) is 1. The summed E-state index contributed by atoms with van der Waals surface area (Å²) in [6.45, 7) is 0. The van der Waals surface area contributed by atoms with Gasteiger partial charge in [-0.05, 0) is 31.6 Å². The van der Waals surface area contributed by atoms with E-state index < -0.39 is 0 Å². The molecule has 2 N–H and O–H groups in total. The molecule has 0 aromatic carbocycles. The molecule has 14 heavy (non-hydrogen) atoms. The fourth-order valence-corrected chi connectivity index (χ4v) is 3.52. The van der Waals surface area contributed by atoms with Crippen molar-refractivity contribution in [2.45, 2.75) is 57.8 Å². The highest BCUT2D eigenvalue weighted by atomic mass is 16.1. The number of carbonyl (C=O) groups is 1. The van der Waals surface area contributed by atoms with E-state index >= 15 is 0 Å². The first kappa shape index (κ1) is 10.0. The Kier molecular flexibility index (Phi) is 2.80. The van der Waals surface area contributed by atoms with Gasteiger partial charge in [-0.25, -0.2) is 0 Å². The second-order valence-corrected chi connectivity index (χ2v) is 5.06. The zero-order valence-electron chi connectivity index (χ0n) is 8.93. The van der Waals surface area contributed by atoms with E-state index in [-0.39, 0.29) is 11.3 Å². The van der Waals surface area contributed by atoms with Gasteiger partial charge in [-0.15, -0.1) is 0 Å². The Hall–Kier alpha value is -0.530. The molecule has 0 heterocycles. The summed E-state index contributed by atoms with van der Waals surface area (Å²) in [7, 11) is 0. The molecule has 0 unspecified atom stereocenters. The predicted octanol–water partition coefficient (Wildman–Crippen LogP) is 2.61. The molecule has 0 aromatic rings. The van der Waals surface area contributed by atoms with E-state index in [1.54, 1.807) is 0 Å². The number of amides is 1. The number of primary amides is 1. The Morgan fingerprint density at radius 1 is 1.00 bits per heavy atom. The summed E-state index contributed by atoms with van der Waals surface area (Å²) in [6, 6.07) is 0. The minimum absolute atomic E-state index is 0.0121. The van der Waals surface area contributed by atoms with E-state index in [1.807, 2.05) is 0 Å². The molecule has 0 aliphatic heterocycles. The van der Waals surface area contributed by atoms with Gasteiger partial charge in [0.05, 0.1) is 5.41 Å². The van der Waals surface area contributed by atoms with Gasteiger partial charge in [0.2, 0.25) is 5.91 Å². The highest BCUT2D eigenvalue weighted by Crippen LogP contribution is 2.49. The molecule has 80 valence electrons. The van der Waals surface area contributed by atoms with Gasteiger partial charge < -0.3 is 5.73 Å². The molecule has 0 atom stereocenters. The number of hydrogen-bond acceptors (Lipinski definition) is 1. The smallest absolute Gasteiger partial charge is 0.223 e.